The van der Waals surface area contributed by atoms with Crippen LogP contribution >= 0.6 is 0 Å². The smallest absolute Gasteiger partial charge is 0.257 e. The van der Waals surface area contributed by atoms with Gasteiger partial charge in [0.1, 0.15) is 6.26 Å². The quantitative estimate of drug-likeness (QED) is 0.831. The first-order chi connectivity index (χ1) is 9.24. The molecule has 3 heterocycles. The van der Waals surface area contributed by atoms with Crippen molar-refractivity contribution in [3.8, 4) is 0 Å². The number of amides is 1. The normalized spacial score (nSPS) is 19.6. The summed E-state index contributed by atoms with van der Waals surface area (Å²) in [7, 11) is 0. The molecule has 0 bridgehead atoms. The Labute approximate surface area is 111 Å². The number of carbonyl (C=O) groups excluding carboxylic acids is 1. The molecule has 0 aromatic carbocycles. The zero-order valence-corrected chi connectivity index (χ0v) is 11.0. The predicted molar refractivity (Wildman–Crippen MR) is 69.8 cm³/mol. The molecule has 1 aliphatic heterocycles. The van der Waals surface area contributed by atoms with E-state index in [1.165, 1.54) is 12.5 Å². The predicted octanol–water partition coefficient (Wildman–Crippen LogP) is 2.26. The molecule has 2 aromatic heterocycles. The molecule has 19 heavy (non-hydrogen) atoms. The number of furan rings is 1. The number of aromatic nitrogens is 2. The van der Waals surface area contributed by atoms with Gasteiger partial charge >= 0.3 is 0 Å². The van der Waals surface area contributed by atoms with E-state index in [4.69, 9.17) is 4.42 Å². The van der Waals surface area contributed by atoms with Crippen molar-refractivity contribution in [1.82, 2.24) is 14.7 Å². The van der Waals surface area contributed by atoms with E-state index in [0.717, 1.165) is 24.9 Å². The summed E-state index contributed by atoms with van der Waals surface area (Å²) < 4.78 is 6.95. The highest BCUT2D eigenvalue weighted by molar-refractivity contribution is 5.93. The van der Waals surface area contributed by atoms with Crippen molar-refractivity contribution in [2.45, 2.75) is 25.8 Å². The molecule has 0 aliphatic carbocycles. The first-order valence-corrected chi connectivity index (χ1v) is 6.56. The minimum atomic E-state index is 0.0438. The fourth-order valence-corrected chi connectivity index (χ4v) is 2.56. The Kier molecular flexibility index (Phi) is 3.11. The molecule has 0 spiro atoms. The van der Waals surface area contributed by atoms with Gasteiger partial charge in [-0.3, -0.25) is 9.48 Å². The van der Waals surface area contributed by atoms with Crippen LogP contribution in [-0.2, 0) is 0 Å². The van der Waals surface area contributed by atoms with Gasteiger partial charge in [-0.15, -0.1) is 0 Å². The molecule has 0 unspecified atom stereocenters. The van der Waals surface area contributed by atoms with Gasteiger partial charge in [0.15, 0.2) is 0 Å². The lowest BCUT2D eigenvalue weighted by molar-refractivity contribution is 0.0672. The Morgan fingerprint density at radius 2 is 2.42 bits per heavy atom. The molecular weight excluding hydrogens is 242 g/mol. The standard InChI is InChI=1S/C14H17N3O2/c1-11-7-15-17(8-11)13-3-2-5-16(9-13)14(18)12-4-6-19-10-12/h4,6-8,10,13H,2-3,5,9H2,1H3/t13-/m0/s1. The zero-order chi connectivity index (χ0) is 13.2. The van der Waals surface area contributed by atoms with Gasteiger partial charge in [-0.05, 0) is 31.4 Å². The number of hydrogen-bond donors (Lipinski definition) is 0. The number of rotatable bonds is 2. The largest absolute Gasteiger partial charge is 0.472 e. The van der Waals surface area contributed by atoms with Gasteiger partial charge in [0.25, 0.3) is 5.91 Å². The Morgan fingerprint density at radius 1 is 1.53 bits per heavy atom. The Hall–Kier alpha value is -2.04. The van der Waals surface area contributed by atoms with E-state index in [1.807, 2.05) is 28.9 Å². The second kappa shape index (κ2) is 4.91. The van der Waals surface area contributed by atoms with Crippen LogP contribution in [0.15, 0.2) is 35.4 Å². The van der Waals surface area contributed by atoms with E-state index in [9.17, 15) is 4.79 Å². The first kappa shape index (κ1) is 12.0. The van der Waals surface area contributed by atoms with Gasteiger partial charge in [0.05, 0.1) is 24.1 Å². The van der Waals surface area contributed by atoms with E-state index in [0.29, 0.717) is 12.1 Å². The van der Waals surface area contributed by atoms with Crippen molar-refractivity contribution in [1.29, 1.82) is 0 Å². The lowest BCUT2D eigenvalue weighted by Gasteiger charge is -2.32. The molecule has 2 aromatic rings. The molecule has 1 atom stereocenters. The van der Waals surface area contributed by atoms with Gasteiger partial charge < -0.3 is 9.32 Å². The summed E-state index contributed by atoms with van der Waals surface area (Å²) in [6.07, 6.45) is 9.01. The van der Waals surface area contributed by atoms with Gasteiger partial charge in [0.2, 0.25) is 0 Å². The lowest BCUT2D eigenvalue weighted by Crippen LogP contribution is -2.40. The van der Waals surface area contributed by atoms with Crippen LogP contribution in [0.4, 0.5) is 0 Å². The molecular formula is C14H17N3O2. The van der Waals surface area contributed by atoms with Gasteiger partial charge in [-0.1, -0.05) is 0 Å². The highest BCUT2D eigenvalue weighted by atomic mass is 16.3. The van der Waals surface area contributed by atoms with Crippen LogP contribution in [0, 0.1) is 6.92 Å². The topological polar surface area (TPSA) is 51.3 Å². The number of carbonyl (C=O) groups is 1. The van der Waals surface area contributed by atoms with Crippen LogP contribution in [0.1, 0.15) is 34.8 Å². The van der Waals surface area contributed by atoms with Crippen molar-refractivity contribution >= 4 is 5.91 Å². The molecule has 0 saturated carbocycles. The van der Waals surface area contributed by atoms with E-state index < -0.39 is 0 Å². The molecule has 0 N–H and O–H groups in total. The fraction of sp³-hybridized carbons (Fsp3) is 0.429. The highest BCUT2D eigenvalue weighted by Gasteiger charge is 2.26. The monoisotopic (exact) mass is 259 g/mol. The molecule has 1 fully saturated rings. The first-order valence-electron chi connectivity index (χ1n) is 6.56. The third-order valence-electron chi connectivity index (χ3n) is 3.56. The van der Waals surface area contributed by atoms with Crippen molar-refractivity contribution < 1.29 is 9.21 Å². The summed E-state index contributed by atoms with van der Waals surface area (Å²) >= 11 is 0. The van der Waals surface area contributed by atoms with E-state index in [-0.39, 0.29) is 11.9 Å². The number of nitrogens with zero attached hydrogens (tertiary/aromatic N) is 3. The van der Waals surface area contributed by atoms with Crippen LogP contribution in [-0.4, -0.2) is 33.7 Å². The number of likely N-dealkylation sites (tertiary alicyclic amines) is 1. The third kappa shape index (κ3) is 2.41. The maximum absolute atomic E-state index is 12.3. The number of aryl methyl sites for hydroxylation is 1. The van der Waals surface area contributed by atoms with Crippen molar-refractivity contribution in [3.63, 3.8) is 0 Å². The summed E-state index contributed by atoms with van der Waals surface area (Å²) in [6, 6.07) is 1.99. The van der Waals surface area contributed by atoms with Crippen LogP contribution in [0.5, 0.6) is 0 Å². The Morgan fingerprint density at radius 3 is 3.11 bits per heavy atom. The lowest BCUT2D eigenvalue weighted by atomic mass is 10.1. The molecule has 5 heteroatoms. The van der Waals surface area contributed by atoms with Crippen LogP contribution in [0.3, 0.4) is 0 Å². The Balaban J connectivity index is 1.73. The van der Waals surface area contributed by atoms with Crippen molar-refractivity contribution in [2.75, 3.05) is 13.1 Å². The van der Waals surface area contributed by atoms with Crippen LogP contribution < -0.4 is 0 Å². The average molecular weight is 259 g/mol. The highest BCUT2D eigenvalue weighted by Crippen LogP contribution is 2.22. The van der Waals surface area contributed by atoms with Crippen LogP contribution in [0.25, 0.3) is 0 Å². The van der Waals surface area contributed by atoms with Gasteiger partial charge in [-0.25, -0.2) is 0 Å². The SMILES string of the molecule is Cc1cnn([C@H]2CCCN(C(=O)c3ccoc3)C2)c1. The summed E-state index contributed by atoms with van der Waals surface area (Å²) in [6.45, 7) is 3.55. The third-order valence-corrected chi connectivity index (χ3v) is 3.56. The van der Waals surface area contributed by atoms with Crippen molar-refractivity contribution in [3.05, 3.63) is 42.1 Å². The molecule has 5 nitrogen and oxygen atoms in total. The van der Waals surface area contributed by atoms with Gasteiger partial charge in [0, 0.05) is 19.3 Å². The summed E-state index contributed by atoms with van der Waals surface area (Å²) in [5.74, 6) is 0.0438. The molecule has 0 radical (unpaired) electrons. The van der Waals surface area contributed by atoms with Crippen molar-refractivity contribution in [2.24, 2.45) is 0 Å². The molecule has 1 saturated heterocycles. The summed E-state index contributed by atoms with van der Waals surface area (Å²) in [5.41, 5.74) is 1.77. The second-order valence-corrected chi connectivity index (χ2v) is 5.06. The van der Waals surface area contributed by atoms with Crippen LogP contribution in [0.2, 0.25) is 0 Å². The number of piperidine rings is 1. The zero-order valence-electron chi connectivity index (χ0n) is 11.0. The van der Waals surface area contributed by atoms with E-state index >= 15 is 0 Å². The molecule has 100 valence electrons. The maximum Gasteiger partial charge on any atom is 0.257 e. The van der Waals surface area contributed by atoms with E-state index in [1.54, 1.807) is 6.07 Å². The number of hydrogen-bond acceptors (Lipinski definition) is 3. The molecule has 1 aliphatic rings. The molecule has 3 rings (SSSR count). The van der Waals surface area contributed by atoms with E-state index in [2.05, 4.69) is 5.10 Å². The second-order valence-electron chi connectivity index (χ2n) is 5.06. The Bertz CT molecular complexity index is 559. The summed E-state index contributed by atoms with van der Waals surface area (Å²) in [4.78, 5) is 14.2. The maximum atomic E-state index is 12.3. The fourth-order valence-electron chi connectivity index (χ4n) is 2.56. The minimum absolute atomic E-state index is 0.0438. The van der Waals surface area contributed by atoms with Gasteiger partial charge in [-0.2, -0.15) is 5.10 Å². The molecule has 1 amide bonds. The average Bonchev–Trinajstić information content (AvgIpc) is 3.09. The minimum Gasteiger partial charge on any atom is -0.472 e. The summed E-state index contributed by atoms with van der Waals surface area (Å²) in [5, 5.41) is 4.36.